The number of nitrogens with one attached hydrogen (secondary N) is 1. The van der Waals surface area contributed by atoms with Gasteiger partial charge in [-0.05, 0) is 35.4 Å². The first-order valence-electron chi connectivity index (χ1n) is 11.8. The van der Waals surface area contributed by atoms with Crippen LogP contribution in [0.25, 0.3) is 23.1 Å². The lowest BCUT2D eigenvalue weighted by Gasteiger charge is -2.13. The lowest BCUT2D eigenvalue weighted by molar-refractivity contribution is 0.104. The lowest BCUT2D eigenvalue weighted by atomic mass is 10.1. The number of methoxy groups -OCH3 is 4. The summed E-state index contributed by atoms with van der Waals surface area (Å²) in [6.07, 6.45) is 8.76. The van der Waals surface area contributed by atoms with Crippen molar-refractivity contribution in [3.63, 3.8) is 0 Å². The molecule has 0 saturated heterocycles. The molecule has 0 amide bonds. The number of aromatic nitrogens is 1. The Hall–Kier alpha value is -4.36. The van der Waals surface area contributed by atoms with E-state index in [0.29, 0.717) is 39.3 Å². The number of carbonyl (C=O) groups excluding carboxylic acids is 1. The Morgan fingerprint density at radius 3 is 2.24 bits per heavy atom. The Bertz CT molecular complexity index is 1510. The number of aryl methyl sites for hydroxylation is 1. The van der Waals surface area contributed by atoms with Gasteiger partial charge in [0.15, 0.2) is 17.3 Å². The molecule has 7 nitrogen and oxygen atoms in total. The van der Waals surface area contributed by atoms with Crippen molar-refractivity contribution in [3.8, 4) is 23.0 Å². The number of hydrogen-bond acceptors (Lipinski definition) is 6. The fourth-order valence-electron chi connectivity index (χ4n) is 4.21. The van der Waals surface area contributed by atoms with E-state index in [2.05, 4.69) is 5.32 Å². The number of anilines is 1. The summed E-state index contributed by atoms with van der Waals surface area (Å²) in [4.78, 5) is 13.0. The number of ether oxygens (including phenoxy) is 4. The Balaban J connectivity index is 1.63. The number of ketones is 1. The second-order valence-corrected chi connectivity index (χ2v) is 8.79. The van der Waals surface area contributed by atoms with Crippen molar-refractivity contribution >= 4 is 46.1 Å². The zero-order valence-corrected chi connectivity index (χ0v) is 22.6. The average molecular weight is 533 g/mol. The first kappa shape index (κ1) is 26.7. The zero-order valence-electron chi connectivity index (χ0n) is 21.9. The molecule has 0 radical (unpaired) electrons. The summed E-state index contributed by atoms with van der Waals surface area (Å²) in [6, 6.07) is 15.1. The molecule has 4 rings (SSSR count). The number of rotatable bonds is 10. The number of fused-ring (bicyclic) bond motifs is 1. The topological polar surface area (TPSA) is 71.0 Å². The number of para-hydroxylation sites is 1. The molecular weight excluding hydrogens is 504 g/mol. The van der Waals surface area contributed by atoms with Crippen molar-refractivity contribution in [2.45, 2.75) is 0 Å². The monoisotopic (exact) mass is 532 g/mol. The summed E-state index contributed by atoms with van der Waals surface area (Å²) in [7, 11) is 8.18. The maximum Gasteiger partial charge on any atom is 0.203 e. The molecule has 0 spiro atoms. The van der Waals surface area contributed by atoms with E-state index in [1.165, 1.54) is 6.08 Å². The van der Waals surface area contributed by atoms with Gasteiger partial charge in [-0.3, -0.25) is 4.79 Å². The minimum Gasteiger partial charge on any atom is -0.495 e. The molecule has 196 valence electrons. The molecule has 0 bridgehead atoms. The molecule has 0 aliphatic heterocycles. The summed E-state index contributed by atoms with van der Waals surface area (Å²) in [5.41, 5.74) is 3.96. The van der Waals surface area contributed by atoms with Crippen LogP contribution in [-0.4, -0.2) is 38.8 Å². The molecule has 0 aliphatic rings. The van der Waals surface area contributed by atoms with Gasteiger partial charge in [-0.25, -0.2) is 0 Å². The molecule has 4 aromatic rings. The largest absolute Gasteiger partial charge is 0.495 e. The van der Waals surface area contributed by atoms with E-state index < -0.39 is 0 Å². The standard InChI is InChI=1S/C30H29ClN2O5/c1-33-18-22(21-8-6-7-9-25(21)33)26(34)12-13-32-24-17-27(35-2)23(31)16-20(24)11-10-19-14-28(36-3)30(38-5)29(15-19)37-4/h6-18,32H,1-5H3/b11-10-,13-12-. The third kappa shape index (κ3) is 5.48. The number of allylic oxidation sites excluding steroid dienone is 1. The van der Waals surface area contributed by atoms with Gasteiger partial charge < -0.3 is 28.8 Å². The maximum atomic E-state index is 13.0. The van der Waals surface area contributed by atoms with E-state index in [4.69, 9.17) is 30.5 Å². The predicted octanol–water partition coefficient (Wildman–Crippen LogP) is 6.85. The number of nitrogens with zero attached hydrogens (tertiary/aromatic N) is 1. The van der Waals surface area contributed by atoms with Crippen molar-refractivity contribution < 1.29 is 23.7 Å². The number of carbonyl (C=O) groups is 1. The lowest BCUT2D eigenvalue weighted by Crippen LogP contribution is -1.98. The third-order valence-corrected chi connectivity index (χ3v) is 6.40. The summed E-state index contributed by atoms with van der Waals surface area (Å²) < 4.78 is 23.7. The predicted molar refractivity (Wildman–Crippen MR) is 153 cm³/mol. The second-order valence-electron chi connectivity index (χ2n) is 8.38. The normalized spacial score (nSPS) is 11.3. The maximum absolute atomic E-state index is 13.0. The first-order chi connectivity index (χ1) is 18.4. The minimum atomic E-state index is -0.107. The summed E-state index contributed by atoms with van der Waals surface area (Å²) in [6.45, 7) is 0. The highest BCUT2D eigenvalue weighted by atomic mass is 35.5. The fourth-order valence-corrected chi connectivity index (χ4v) is 4.46. The van der Waals surface area contributed by atoms with Gasteiger partial charge in [0.05, 0.1) is 33.5 Å². The Kier molecular flexibility index (Phi) is 8.28. The number of halogens is 1. The molecule has 0 fully saturated rings. The van der Waals surface area contributed by atoms with E-state index in [1.807, 2.05) is 66.4 Å². The summed E-state index contributed by atoms with van der Waals surface area (Å²) in [5.74, 6) is 2.01. The molecule has 0 saturated carbocycles. The van der Waals surface area contributed by atoms with Crippen LogP contribution in [0.1, 0.15) is 21.5 Å². The van der Waals surface area contributed by atoms with E-state index in [1.54, 1.807) is 46.8 Å². The van der Waals surface area contributed by atoms with Gasteiger partial charge in [-0.1, -0.05) is 42.0 Å². The van der Waals surface area contributed by atoms with Gasteiger partial charge in [-0.2, -0.15) is 0 Å². The SMILES string of the molecule is COc1cc(N/C=C\C(=O)c2cn(C)c3ccccc23)c(/C=C\c2cc(OC)c(OC)c(OC)c2)cc1Cl. The van der Waals surface area contributed by atoms with Gasteiger partial charge in [-0.15, -0.1) is 0 Å². The second kappa shape index (κ2) is 11.8. The van der Waals surface area contributed by atoms with E-state index in [0.717, 1.165) is 22.0 Å². The van der Waals surface area contributed by atoms with Crippen molar-refractivity contribution in [2.24, 2.45) is 7.05 Å². The molecule has 38 heavy (non-hydrogen) atoms. The van der Waals surface area contributed by atoms with Crippen LogP contribution in [0.3, 0.4) is 0 Å². The van der Waals surface area contributed by atoms with Crippen molar-refractivity contribution in [3.05, 3.63) is 88.7 Å². The quantitative estimate of drug-likeness (QED) is 0.137. The number of benzene rings is 3. The molecule has 1 N–H and O–H groups in total. The van der Waals surface area contributed by atoms with Crippen molar-refractivity contribution in [1.29, 1.82) is 0 Å². The van der Waals surface area contributed by atoms with Crippen molar-refractivity contribution in [2.75, 3.05) is 33.8 Å². The number of hydrogen-bond donors (Lipinski definition) is 1. The van der Waals surface area contributed by atoms with Gasteiger partial charge in [0.1, 0.15) is 5.75 Å². The van der Waals surface area contributed by atoms with Gasteiger partial charge in [0.2, 0.25) is 5.75 Å². The molecule has 1 aromatic heterocycles. The summed E-state index contributed by atoms with van der Waals surface area (Å²) in [5, 5.41) is 4.57. The average Bonchev–Trinajstić information content (AvgIpc) is 3.28. The van der Waals surface area contributed by atoms with E-state index >= 15 is 0 Å². The van der Waals surface area contributed by atoms with Crippen LogP contribution in [0.4, 0.5) is 5.69 Å². The van der Waals surface area contributed by atoms with Crippen LogP contribution < -0.4 is 24.3 Å². The van der Waals surface area contributed by atoms with Crippen LogP contribution in [0.15, 0.2) is 67.0 Å². The zero-order chi connectivity index (χ0) is 27.2. The van der Waals surface area contributed by atoms with Gasteiger partial charge in [0, 0.05) is 53.7 Å². The van der Waals surface area contributed by atoms with Crippen LogP contribution >= 0.6 is 11.6 Å². The molecular formula is C30H29ClN2O5. The fraction of sp³-hybridized carbons (Fsp3) is 0.167. The molecule has 8 heteroatoms. The third-order valence-electron chi connectivity index (χ3n) is 6.10. The van der Waals surface area contributed by atoms with Crippen LogP contribution in [0.5, 0.6) is 23.0 Å². The van der Waals surface area contributed by atoms with Crippen molar-refractivity contribution in [1.82, 2.24) is 4.57 Å². The first-order valence-corrected chi connectivity index (χ1v) is 12.1. The highest BCUT2D eigenvalue weighted by molar-refractivity contribution is 6.32. The van der Waals surface area contributed by atoms with Crippen LogP contribution in [-0.2, 0) is 7.05 Å². The van der Waals surface area contributed by atoms with Gasteiger partial charge >= 0.3 is 0 Å². The highest BCUT2D eigenvalue weighted by Crippen LogP contribution is 2.39. The van der Waals surface area contributed by atoms with Gasteiger partial charge in [0.25, 0.3) is 0 Å². The molecule has 0 aliphatic carbocycles. The molecule has 1 heterocycles. The van der Waals surface area contributed by atoms with Crippen LogP contribution in [0.2, 0.25) is 5.02 Å². The smallest absolute Gasteiger partial charge is 0.203 e. The molecule has 3 aromatic carbocycles. The Morgan fingerprint density at radius 1 is 0.895 bits per heavy atom. The summed E-state index contributed by atoms with van der Waals surface area (Å²) >= 11 is 6.42. The van der Waals surface area contributed by atoms with Crippen LogP contribution in [0, 0.1) is 0 Å². The Morgan fingerprint density at radius 2 is 1.58 bits per heavy atom. The Labute approximate surface area is 226 Å². The highest BCUT2D eigenvalue weighted by Gasteiger charge is 2.13. The molecule has 0 unspecified atom stereocenters. The molecule has 0 atom stereocenters. The van der Waals surface area contributed by atoms with E-state index in [-0.39, 0.29) is 5.78 Å². The van der Waals surface area contributed by atoms with E-state index in [9.17, 15) is 4.79 Å². The minimum absolute atomic E-state index is 0.107.